The third-order valence-electron chi connectivity index (χ3n) is 4.47. The van der Waals surface area contributed by atoms with Crippen molar-refractivity contribution in [1.82, 2.24) is 0 Å². The summed E-state index contributed by atoms with van der Waals surface area (Å²) in [7, 11) is 1.53. The van der Waals surface area contributed by atoms with E-state index in [9.17, 15) is 19.1 Å². The molecule has 2 aromatic carbocycles. The summed E-state index contributed by atoms with van der Waals surface area (Å²) < 4.78 is 23.3. The molecule has 1 heterocycles. The fourth-order valence-electron chi connectivity index (χ4n) is 3.08. The first-order valence-electron chi connectivity index (χ1n) is 8.90. The molecule has 1 amide bonds. The summed E-state index contributed by atoms with van der Waals surface area (Å²) in [5.74, 6) is -0.936. The van der Waals surface area contributed by atoms with E-state index >= 15 is 0 Å². The second-order valence-electron chi connectivity index (χ2n) is 6.53. The fourth-order valence-corrected chi connectivity index (χ4v) is 3.08. The van der Waals surface area contributed by atoms with Crippen molar-refractivity contribution in [2.24, 2.45) is 0 Å². The lowest BCUT2D eigenvalue weighted by molar-refractivity contribution is -0.116. The number of rotatable bonds is 6. The summed E-state index contributed by atoms with van der Waals surface area (Å²) in [5, 5.41) is 13.0. The summed E-state index contributed by atoms with van der Waals surface area (Å²) in [6.45, 7) is 1.55. The van der Waals surface area contributed by atoms with Gasteiger partial charge in [0.05, 0.1) is 12.7 Å². The maximum atomic E-state index is 13.1. The van der Waals surface area contributed by atoms with Crippen LogP contribution >= 0.6 is 0 Å². The SMILES string of the molecule is COc1ccc([C@H](CC(=O)Nc2ccc(F)cc2)c2c(O)cc(C)oc2=O)cc1. The maximum Gasteiger partial charge on any atom is 0.343 e. The van der Waals surface area contributed by atoms with Crippen LogP contribution in [0.4, 0.5) is 10.1 Å². The average Bonchev–Trinajstić information content (AvgIpc) is 2.68. The second kappa shape index (κ2) is 8.60. The van der Waals surface area contributed by atoms with E-state index in [4.69, 9.17) is 9.15 Å². The number of hydrogen-bond donors (Lipinski definition) is 2. The lowest BCUT2D eigenvalue weighted by Gasteiger charge is -2.18. The van der Waals surface area contributed by atoms with E-state index in [1.165, 1.54) is 37.4 Å². The predicted octanol–water partition coefficient (Wildman–Crippen LogP) is 3.96. The molecule has 0 aliphatic rings. The minimum absolute atomic E-state index is 0.00461. The molecule has 0 radical (unpaired) electrons. The molecule has 150 valence electrons. The third-order valence-corrected chi connectivity index (χ3v) is 4.47. The van der Waals surface area contributed by atoms with Crippen molar-refractivity contribution in [2.75, 3.05) is 12.4 Å². The molecule has 0 aliphatic carbocycles. The molecule has 3 rings (SSSR count). The zero-order chi connectivity index (χ0) is 21.0. The number of carbonyl (C=O) groups excluding carboxylic acids is 1. The van der Waals surface area contributed by atoms with Crippen molar-refractivity contribution in [3.05, 3.63) is 87.7 Å². The predicted molar refractivity (Wildman–Crippen MR) is 106 cm³/mol. The van der Waals surface area contributed by atoms with Gasteiger partial charge >= 0.3 is 5.63 Å². The standard InChI is InChI=1S/C22H20FNO5/c1-13-11-19(25)21(22(27)29-13)18(14-3-9-17(28-2)10-4-14)12-20(26)24-16-7-5-15(23)6-8-16/h3-11,18,25H,12H2,1-2H3,(H,24,26)/t18-/m0/s1. The molecule has 29 heavy (non-hydrogen) atoms. The van der Waals surface area contributed by atoms with E-state index in [0.717, 1.165) is 0 Å². The number of benzene rings is 2. The number of halogens is 1. The maximum absolute atomic E-state index is 13.1. The van der Waals surface area contributed by atoms with Gasteiger partial charge in [-0.3, -0.25) is 4.79 Å². The van der Waals surface area contributed by atoms with Crippen LogP contribution in [0.2, 0.25) is 0 Å². The highest BCUT2D eigenvalue weighted by molar-refractivity contribution is 5.91. The van der Waals surface area contributed by atoms with Crippen LogP contribution in [0.5, 0.6) is 11.5 Å². The number of amides is 1. The first-order valence-corrected chi connectivity index (χ1v) is 8.90. The van der Waals surface area contributed by atoms with Crippen LogP contribution < -0.4 is 15.7 Å². The highest BCUT2D eigenvalue weighted by Gasteiger charge is 2.26. The van der Waals surface area contributed by atoms with Gasteiger partial charge in [0.2, 0.25) is 5.91 Å². The summed E-state index contributed by atoms with van der Waals surface area (Å²) >= 11 is 0. The van der Waals surface area contributed by atoms with E-state index < -0.39 is 23.3 Å². The lowest BCUT2D eigenvalue weighted by atomic mass is 9.88. The Labute approximate surface area is 166 Å². The lowest BCUT2D eigenvalue weighted by Crippen LogP contribution is -2.21. The van der Waals surface area contributed by atoms with Gasteiger partial charge in [-0.15, -0.1) is 0 Å². The first-order chi connectivity index (χ1) is 13.9. The van der Waals surface area contributed by atoms with Gasteiger partial charge in [0, 0.05) is 24.1 Å². The Morgan fingerprint density at radius 1 is 1.17 bits per heavy atom. The van der Waals surface area contributed by atoms with Crippen molar-refractivity contribution in [3.63, 3.8) is 0 Å². The number of anilines is 1. The average molecular weight is 397 g/mol. The Morgan fingerprint density at radius 2 is 1.83 bits per heavy atom. The van der Waals surface area contributed by atoms with Crippen LogP contribution in [0.1, 0.15) is 29.2 Å². The van der Waals surface area contributed by atoms with Crippen LogP contribution in [0, 0.1) is 12.7 Å². The number of nitrogens with one attached hydrogen (secondary N) is 1. The highest BCUT2D eigenvalue weighted by atomic mass is 19.1. The number of carbonyl (C=O) groups is 1. The van der Waals surface area contributed by atoms with Gasteiger partial charge in [0.15, 0.2) is 0 Å². The Hall–Kier alpha value is -3.61. The molecule has 7 heteroatoms. The van der Waals surface area contributed by atoms with Crippen LogP contribution in [0.25, 0.3) is 0 Å². The Bertz CT molecular complexity index is 1060. The molecule has 0 saturated carbocycles. The molecular formula is C22H20FNO5. The molecule has 0 unspecified atom stereocenters. The number of hydrogen-bond acceptors (Lipinski definition) is 5. The zero-order valence-corrected chi connectivity index (χ0v) is 15.9. The number of aryl methyl sites for hydroxylation is 1. The van der Waals surface area contributed by atoms with Gasteiger partial charge in [-0.25, -0.2) is 9.18 Å². The van der Waals surface area contributed by atoms with Crippen molar-refractivity contribution in [1.29, 1.82) is 0 Å². The molecule has 3 aromatic rings. The molecular weight excluding hydrogens is 377 g/mol. The van der Waals surface area contributed by atoms with E-state index in [0.29, 0.717) is 17.0 Å². The summed E-state index contributed by atoms with van der Waals surface area (Å²) in [6, 6.07) is 13.5. The van der Waals surface area contributed by atoms with Crippen LogP contribution in [-0.2, 0) is 4.79 Å². The van der Waals surface area contributed by atoms with Gasteiger partial charge in [0.25, 0.3) is 0 Å². The molecule has 2 N–H and O–H groups in total. The monoisotopic (exact) mass is 397 g/mol. The van der Waals surface area contributed by atoms with Crippen molar-refractivity contribution < 1.29 is 23.4 Å². The van der Waals surface area contributed by atoms with Crippen LogP contribution in [-0.4, -0.2) is 18.1 Å². The van der Waals surface area contributed by atoms with Gasteiger partial charge < -0.3 is 19.6 Å². The molecule has 0 saturated heterocycles. The Balaban J connectivity index is 1.95. The Morgan fingerprint density at radius 3 is 2.41 bits per heavy atom. The molecule has 0 aliphatic heterocycles. The number of methoxy groups -OCH3 is 1. The smallest absolute Gasteiger partial charge is 0.343 e. The molecule has 0 spiro atoms. The first kappa shape index (κ1) is 20.1. The van der Waals surface area contributed by atoms with Gasteiger partial charge in [-0.05, 0) is 48.9 Å². The normalized spacial score (nSPS) is 11.7. The largest absolute Gasteiger partial charge is 0.507 e. The van der Waals surface area contributed by atoms with Crippen molar-refractivity contribution >= 4 is 11.6 Å². The molecule has 1 aromatic heterocycles. The molecule has 0 bridgehead atoms. The molecule has 0 fully saturated rings. The minimum Gasteiger partial charge on any atom is -0.507 e. The van der Waals surface area contributed by atoms with Crippen molar-refractivity contribution in [3.8, 4) is 11.5 Å². The fraction of sp³-hybridized carbons (Fsp3) is 0.182. The third kappa shape index (κ3) is 4.82. The van der Waals surface area contributed by atoms with E-state index in [2.05, 4.69) is 5.32 Å². The van der Waals surface area contributed by atoms with E-state index in [1.807, 2.05) is 0 Å². The molecule has 6 nitrogen and oxygen atoms in total. The topological polar surface area (TPSA) is 88.8 Å². The summed E-state index contributed by atoms with van der Waals surface area (Å²) in [5.41, 5.74) is 0.337. The second-order valence-corrected chi connectivity index (χ2v) is 6.53. The number of ether oxygens (including phenoxy) is 1. The van der Waals surface area contributed by atoms with Gasteiger partial charge in [-0.2, -0.15) is 0 Å². The zero-order valence-electron chi connectivity index (χ0n) is 15.9. The Kier molecular flexibility index (Phi) is 5.97. The van der Waals surface area contributed by atoms with Crippen LogP contribution in [0.15, 0.2) is 63.8 Å². The van der Waals surface area contributed by atoms with E-state index in [-0.39, 0.29) is 23.5 Å². The van der Waals surface area contributed by atoms with Crippen molar-refractivity contribution in [2.45, 2.75) is 19.3 Å². The minimum atomic E-state index is -0.752. The highest BCUT2D eigenvalue weighted by Crippen LogP contribution is 2.33. The quantitative estimate of drug-likeness (QED) is 0.657. The summed E-state index contributed by atoms with van der Waals surface area (Å²) in [4.78, 5) is 25.1. The van der Waals surface area contributed by atoms with Crippen LogP contribution in [0.3, 0.4) is 0 Å². The molecule has 1 atom stereocenters. The van der Waals surface area contributed by atoms with Gasteiger partial charge in [0.1, 0.15) is 23.1 Å². The van der Waals surface area contributed by atoms with E-state index in [1.54, 1.807) is 31.2 Å². The summed E-state index contributed by atoms with van der Waals surface area (Å²) in [6.07, 6.45) is -0.134. The number of aromatic hydroxyl groups is 1. The van der Waals surface area contributed by atoms with Gasteiger partial charge in [-0.1, -0.05) is 12.1 Å².